The van der Waals surface area contributed by atoms with Crippen LogP contribution in [0.25, 0.3) is 22.2 Å². The van der Waals surface area contributed by atoms with Gasteiger partial charge in [-0.15, -0.1) is 0 Å². The predicted octanol–water partition coefficient (Wildman–Crippen LogP) is 3.25. The first-order chi connectivity index (χ1) is 9.58. The monoisotopic (exact) mass is 266 g/mol. The topological polar surface area (TPSA) is 55.1 Å². The largest absolute Gasteiger partial charge is 0.477 e. The number of aryl methyl sites for hydroxylation is 1. The van der Waals surface area contributed by atoms with Crippen LogP contribution in [0.3, 0.4) is 0 Å². The highest BCUT2D eigenvalue weighted by atomic mass is 16.4. The van der Waals surface area contributed by atoms with Gasteiger partial charge < -0.3 is 9.67 Å². The van der Waals surface area contributed by atoms with E-state index in [-0.39, 0.29) is 5.69 Å². The number of nitrogens with zero attached hydrogens (tertiary/aromatic N) is 2. The van der Waals surface area contributed by atoms with E-state index in [4.69, 9.17) is 5.11 Å². The van der Waals surface area contributed by atoms with E-state index in [9.17, 15) is 4.79 Å². The van der Waals surface area contributed by atoms with Gasteiger partial charge in [0.25, 0.3) is 0 Å². The molecule has 3 rings (SSSR count). The number of aromatic nitrogens is 2. The van der Waals surface area contributed by atoms with E-state index in [2.05, 4.69) is 4.98 Å². The standard InChI is InChI=1S/C16H14N2O2/c1-10-6-7-11-4-3-5-12(15(11)17-10)13-8-9-14(16(19)20)18(13)2/h3-9H,1-2H3,(H,19,20). The van der Waals surface area contributed by atoms with Crippen molar-refractivity contribution in [1.29, 1.82) is 0 Å². The normalized spacial score (nSPS) is 10.9. The van der Waals surface area contributed by atoms with E-state index in [0.717, 1.165) is 27.9 Å². The van der Waals surface area contributed by atoms with Gasteiger partial charge >= 0.3 is 5.97 Å². The Morgan fingerprint density at radius 1 is 1.15 bits per heavy atom. The molecule has 0 aliphatic rings. The summed E-state index contributed by atoms with van der Waals surface area (Å²) >= 11 is 0. The summed E-state index contributed by atoms with van der Waals surface area (Å²) in [6.45, 7) is 1.95. The lowest BCUT2D eigenvalue weighted by molar-refractivity contribution is 0.0687. The van der Waals surface area contributed by atoms with Crippen molar-refractivity contribution in [2.75, 3.05) is 0 Å². The molecule has 0 saturated carbocycles. The Morgan fingerprint density at radius 2 is 1.95 bits per heavy atom. The molecule has 0 unspecified atom stereocenters. The van der Waals surface area contributed by atoms with Gasteiger partial charge in [0.1, 0.15) is 5.69 Å². The number of carboxylic acids is 1. The van der Waals surface area contributed by atoms with Crippen LogP contribution in [-0.4, -0.2) is 20.6 Å². The highest BCUT2D eigenvalue weighted by Crippen LogP contribution is 2.28. The number of carbonyl (C=O) groups is 1. The van der Waals surface area contributed by atoms with Gasteiger partial charge in [-0.25, -0.2) is 4.79 Å². The second-order valence-electron chi connectivity index (χ2n) is 4.80. The van der Waals surface area contributed by atoms with Gasteiger partial charge in [0, 0.05) is 23.7 Å². The smallest absolute Gasteiger partial charge is 0.352 e. The SMILES string of the molecule is Cc1ccc2cccc(-c3ccc(C(=O)O)n3C)c2n1. The summed E-state index contributed by atoms with van der Waals surface area (Å²) < 4.78 is 1.68. The molecule has 0 fully saturated rings. The summed E-state index contributed by atoms with van der Waals surface area (Å²) in [6.07, 6.45) is 0. The zero-order valence-electron chi connectivity index (χ0n) is 11.3. The fourth-order valence-electron chi connectivity index (χ4n) is 2.45. The van der Waals surface area contributed by atoms with Crippen molar-refractivity contribution in [3.8, 4) is 11.3 Å². The molecule has 0 radical (unpaired) electrons. The maximum Gasteiger partial charge on any atom is 0.352 e. The molecule has 1 aromatic carbocycles. The summed E-state index contributed by atoms with van der Waals surface area (Å²) in [5.41, 5.74) is 3.90. The Balaban J connectivity index is 2.29. The Morgan fingerprint density at radius 3 is 2.65 bits per heavy atom. The highest BCUT2D eigenvalue weighted by Gasteiger charge is 2.14. The number of benzene rings is 1. The molecule has 2 heterocycles. The zero-order valence-corrected chi connectivity index (χ0v) is 11.3. The Bertz CT molecular complexity index is 818. The van der Waals surface area contributed by atoms with Crippen LogP contribution in [-0.2, 0) is 7.05 Å². The molecule has 20 heavy (non-hydrogen) atoms. The summed E-state index contributed by atoms with van der Waals surface area (Å²) in [6, 6.07) is 13.4. The maximum absolute atomic E-state index is 11.1. The van der Waals surface area contributed by atoms with Crippen molar-refractivity contribution in [3.63, 3.8) is 0 Å². The second kappa shape index (κ2) is 4.49. The molecular formula is C16H14N2O2. The zero-order chi connectivity index (χ0) is 14.3. The third-order valence-electron chi connectivity index (χ3n) is 3.48. The second-order valence-corrected chi connectivity index (χ2v) is 4.80. The summed E-state index contributed by atoms with van der Waals surface area (Å²) in [4.78, 5) is 15.7. The van der Waals surface area contributed by atoms with Crippen molar-refractivity contribution in [2.24, 2.45) is 7.05 Å². The van der Waals surface area contributed by atoms with E-state index in [1.807, 2.05) is 43.3 Å². The summed E-state index contributed by atoms with van der Waals surface area (Å²) in [7, 11) is 1.76. The van der Waals surface area contributed by atoms with Crippen LogP contribution in [0.15, 0.2) is 42.5 Å². The molecule has 4 heteroatoms. The van der Waals surface area contributed by atoms with Crippen LogP contribution in [0.1, 0.15) is 16.2 Å². The van der Waals surface area contributed by atoms with Gasteiger partial charge in [0.2, 0.25) is 0 Å². The van der Waals surface area contributed by atoms with Crippen molar-refractivity contribution in [2.45, 2.75) is 6.92 Å². The van der Waals surface area contributed by atoms with E-state index in [1.165, 1.54) is 0 Å². The Kier molecular flexibility index (Phi) is 2.79. The van der Waals surface area contributed by atoms with Gasteiger partial charge in [-0.3, -0.25) is 4.98 Å². The molecule has 0 aliphatic heterocycles. The minimum atomic E-state index is -0.928. The summed E-state index contributed by atoms with van der Waals surface area (Å²) in [5.74, 6) is -0.928. The molecule has 0 amide bonds. The van der Waals surface area contributed by atoms with Crippen molar-refractivity contribution >= 4 is 16.9 Å². The van der Waals surface area contributed by atoms with Crippen LogP contribution < -0.4 is 0 Å². The van der Waals surface area contributed by atoms with E-state index in [1.54, 1.807) is 17.7 Å². The van der Waals surface area contributed by atoms with Gasteiger partial charge in [-0.2, -0.15) is 0 Å². The number of pyridine rings is 1. The van der Waals surface area contributed by atoms with Crippen LogP contribution in [0.4, 0.5) is 0 Å². The first-order valence-corrected chi connectivity index (χ1v) is 6.33. The molecule has 1 N–H and O–H groups in total. The lowest BCUT2D eigenvalue weighted by atomic mass is 10.1. The van der Waals surface area contributed by atoms with Gasteiger partial charge in [-0.1, -0.05) is 24.3 Å². The number of hydrogen-bond donors (Lipinski definition) is 1. The lowest BCUT2D eigenvalue weighted by Crippen LogP contribution is -2.05. The quantitative estimate of drug-likeness (QED) is 0.774. The first kappa shape index (κ1) is 12.4. The van der Waals surface area contributed by atoms with Crippen molar-refractivity contribution < 1.29 is 9.90 Å². The number of carboxylic acid groups (broad SMARTS) is 1. The molecule has 0 atom stereocenters. The average molecular weight is 266 g/mol. The van der Waals surface area contributed by atoms with Crippen molar-refractivity contribution in [1.82, 2.24) is 9.55 Å². The van der Waals surface area contributed by atoms with Crippen LogP contribution in [0, 0.1) is 6.92 Å². The number of para-hydroxylation sites is 1. The number of aromatic carboxylic acids is 1. The minimum Gasteiger partial charge on any atom is -0.477 e. The summed E-state index contributed by atoms with van der Waals surface area (Å²) in [5, 5.41) is 10.2. The van der Waals surface area contributed by atoms with Gasteiger partial charge in [-0.05, 0) is 25.1 Å². The van der Waals surface area contributed by atoms with Crippen LogP contribution in [0.2, 0.25) is 0 Å². The number of hydrogen-bond acceptors (Lipinski definition) is 2. The molecule has 3 aromatic rings. The number of rotatable bonds is 2. The number of fused-ring (bicyclic) bond motifs is 1. The van der Waals surface area contributed by atoms with Crippen LogP contribution >= 0.6 is 0 Å². The minimum absolute atomic E-state index is 0.268. The molecule has 0 aliphatic carbocycles. The molecule has 0 spiro atoms. The molecule has 2 aromatic heterocycles. The third-order valence-corrected chi connectivity index (χ3v) is 3.48. The average Bonchev–Trinajstić information content (AvgIpc) is 2.80. The molecule has 0 saturated heterocycles. The van der Waals surface area contributed by atoms with E-state index >= 15 is 0 Å². The lowest BCUT2D eigenvalue weighted by Gasteiger charge is -2.09. The van der Waals surface area contributed by atoms with Gasteiger partial charge in [0.05, 0.1) is 11.2 Å². The predicted molar refractivity (Wildman–Crippen MR) is 77.8 cm³/mol. The third kappa shape index (κ3) is 1.86. The fraction of sp³-hybridized carbons (Fsp3) is 0.125. The van der Waals surface area contributed by atoms with Crippen LogP contribution in [0.5, 0.6) is 0 Å². The van der Waals surface area contributed by atoms with E-state index < -0.39 is 5.97 Å². The molecule has 4 nitrogen and oxygen atoms in total. The first-order valence-electron chi connectivity index (χ1n) is 6.33. The van der Waals surface area contributed by atoms with Crippen molar-refractivity contribution in [3.05, 3.63) is 53.9 Å². The fourth-order valence-corrected chi connectivity index (χ4v) is 2.45. The molecular weight excluding hydrogens is 252 g/mol. The molecule has 0 bridgehead atoms. The van der Waals surface area contributed by atoms with Gasteiger partial charge in [0.15, 0.2) is 0 Å². The van der Waals surface area contributed by atoms with E-state index in [0.29, 0.717) is 0 Å². The maximum atomic E-state index is 11.1. The molecule has 100 valence electrons. The Hall–Kier alpha value is -2.62. The highest BCUT2D eigenvalue weighted by molar-refractivity contribution is 5.94. The Labute approximate surface area is 116 Å².